The standard InChI is InChI=1S/C20H19FN4O2S/c1-12-18(25-19(26)24-14-7-6-8-15(11-14)28-3)13(2)23-20(22-12)27-17-10-5-4-9-16(17)21/h4-11H,1-3H3,(H2,24,25,26). The van der Waals surface area contributed by atoms with E-state index in [1.165, 1.54) is 12.1 Å². The normalized spacial score (nSPS) is 10.4. The minimum Gasteiger partial charge on any atom is -0.421 e. The molecule has 2 amide bonds. The van der Waals surface area contributed by atoms with E-state index in [-0.39, 0.29) is 11.8 Å². The number of benzene rings is 2. The zero-order chi connectivity index (χ0) is 20.1. The van der Waals surface area contributed by atoms with Gasteiger partial charge in [0.1, 0.15) is 0 Å². The van der Waals surface area contributed by atoms with Gasteiger partial charge in [-0.1, -0.05) is 18.2 Å². The molecule has 1 aromatic heterocycles. The number of para-hydroxylation sites is 1. The van der Waals surface area contributed by atoms with Gasteiger partial charge in [-0.2, -0.15) is 9.97 Å². The third-order valence-electron chi connectivity index (χ3n) is 3.85. The van der Waals surface area contributed by atoms with Gasteiger partial charge < -0.3 is 15.4 Å². The van der Waals surface area contributed by atoms with Crippen LogP contribution in [0.1, 0.15) is 11.4 Å². The number of nitrogens with one attached hydrogen (secondary N) is 2. The summed E-state index contributed by atoms with van der Waals surface area (Å²) in [4.78, 5) is 21.8. The minimum atomic E-state index is -0.504. The first-order chi connectivity index (χ1) is 13.5. The van der Waals surface area contributed by atoms with Crippen LogP contribution in [-0.2, 0) is 0 Å². The van der Waals surface area contributed by atoms with E-state index in [1.54, 1.807) is 43.8 Å². The SMILES string of the molecule is CSc1cccc(NC(=O)Nc2c(C)nc(Oc3ccccc3F)nc2C)c1. The Morgan fingerprint density at radius 2 is 1.75 bits per heavy atom. The van der Waals surface area contributed by atoms with E-state index in [9.17, 15) is 9.18 Å². The van der Waals surface area contributed by atoms with E-state index in [1.807, 2.05) is 24.5 Å². The monoisotopic (exact) mass is 398 g/mol. The molecule has 0 aliphatic heterocycles. The Bertz CT molecular complexity index is 990. The summed E-state index contributed by atoms with van der Waals surface area (Å²) in [7, 11) is 0. The third kappa shape index (κ3) is 4.77. The van der Waals surface area contributed by atoms with Crippen molar-refractivity contribution in [3.05, 3.63) is 65.7 Å². The molecule has 28 heavy (non-hydrogen) atoms. The number of carbonyl (C=O) groups excluding carboxylic acids is 1. The number of thioether (sulfide) groups is 1. The van der Waals surface area contributed by atoms with Crippen molar-refractivity contribution in [2.75, 3.05) is 16.9 Å². The molecule has 3 rings (SSSR count). The number of carbonyl (C=O) groups is 1. The molecule has 6 nitrogen and oxygen atoms in total. The second-order valence-corrected chi connectivity index (χ2v) is 6.78. The number of aromatic nitrogens is 2. The van der Waals surface area contributed by atoms with E-state index in [0.717, 1.165) is 4.90 Å². The summed E-state index contributed by atoms with van der Waals surface area (Å²) in [5, 5.41) is 5.54. The zero-order valence-corrected chi connectivity index (χ0v) is 16.4. The molecule has 0 saturated heterocycles. The van der Waals surface area contributed by atoms with Crippen LogP contribution in [0, 0.1) is 19.7 Å². The van der Waals surface area contributed by atoms with Crippen LogP contribution in [0.15, 0.2) is 53.4 Å². The van der Waals surface area contributed by atoms with Crippen LogP contribution in [0.2, 0.25) is 0 Å². The summed E-state index contributed by atoms with van der Waals surface area (Å²) in [6, 6.07) is 13.1. The maximum Gasteiger partial charge on any atom is 0.323 e. The van der Waals surface area contributed by atoms with Gasteiger partial charge in [0.15, 0.2) is 11.6 Å². The van der Waals surface area contributed by atoms with Gasteiger partial charge in [-0.25, -0.2) is 9.18 Å². The summed E-state index contributed by atoms with van der Waals surface area (Å²) in [5.41, 5.74) is 2.16. The number of amides is 2. The molecule has 3 aromatic rings. The quantitative estimate of drug-likeness (QED) is 0.564. The van der Waals surface area contributed by atoms with Crippen LogP contribution in [0.4, 0.5) is 20.6 Å². The van der Waals surface area contributed by atoms with Crippen LogP contribution in [0.25, 0.3) is 0 Å². The summed E-state index contributed by atoms with van der Waals surface area (Å²) in [5.74, 6) is -0.469. The molecule has 0 bridgehead atoms. The second-order valence-electron chi connectivity index (χ2n) is 5.90. The van der Waals surface area contributed by atoms with Crippen molar-refractivity contribution < 1.29 is 13.9 Å². The largest absolute Gasteiger partial charge is 0.421 e. The van der Waals surface area contributed by atoms with Gasteiger partial charge in [0.25, 0.3) is 0 Å². The first kappa shape index (κ1) is 19.6. The molecule has 0 fully saturated rings. The second kappa shape index (κ2) is 8.71. The van der Waals surface area contributed by atoms with Crippen molar-refractivity contribution in [3.63, 3.8) is 0 Å². The number of hydrogen-bond donors (Lipinski definition) is 2. The van der Waals surface area contributed by atoms with Crippen LogP contribution < -0.4 is 15.4 Å². The summed E-state index contributed by atoms with van der Waals surface area (Å²) >= 11 is 1.59. The van der Waals surface area contributed by atoms with E-state index in [4.69, 9.17) is 4.74 Å². The van der Waals surface area contributed by atoms with Crippen LogP contribution in [-0.4, -0.2) is 22.3 Å². The molecule has 0 atom stereocenters. The molecular weight excluding hydrogens is 379 g/mol. The first-order valence-electron chi connectivity index (χ1n) is 8.46. The fourth-order valence-corrected chi connectivity index (χ4v) is 2.97. The molecular formula is C20H19FN4O2S. The van der Waals surface area contributed by atoms with Crippen molar-refractivity contribution in [2.45, 2.75) is 18.7 Å². The Balaban J connectivity index is 1.73. The highest BCUT2D eigenvalue weighted by atomic mass is 32.2. The molecule has 0 radical (unpaired) electrons. The van der Waals surface area contributed by atoms with E-state index >= 15 is 0 Å². The number of anilines is 2. The summed E-state index contributed by atoms with van der Waals surface area (Å²) in [6.07, 6.45) is 1.97. The maximum absolute atomic E-state index is 13.7. The number of nitrogens with zero attached hydrogens (tertiary/aromatic N) is 2. The summed E-state index contributed by atoms with van der Waals surface area (Å²) < 4.78 is 19.2. The number of urea groups is 1. The van der Waals surface area contributed by atoms with Gasteiger partial charge in [-0.05, 0) is 50.4 Å². The molecule has 0 aliphatic carbocycles. The van der Waals surface area contributed by atoms with Gasteiger partial charge >= 0.3 is 12.0 Å². The molecule has 2 aromatic carbocycles. The maximum atomic E-state index is 13.7. The predicted octanol–water partition coefficient (Wildman–Crippen LogP) is 5.39. The van der Waals surface area contributed by atoms with Gasteiger partial charge in [-0.3, -0.25) is 0 Å². The number of rotatable bonds is 5. The lowest BCUT2D eigenvalue weighted by molar-refractivity contribution is 0.262. The molecule has 144 valence electrons. The van der Waals surface area contributed by atoms with E-state index in [0.29, 0.717) is 22.8 Å². The van der Waals surface area contributed by atoms with Gasteiger partial charge in [0.2, 0.25) is 0 Å². The van der Waals surface area contributed by atoms with E-state index in [2.05, 4.69) is 20.6 Å². The number of hydrogen-bond acceptors (Lipinski definition) is 5. The van der Waals surface area contributed by atoms with Crippen LogP contribution in [0.3, 0.4) is 0 Å². The van der Waals surface area contributed by atoms with Crippen LogP contribution >= 0.6 is 11.8 Å². The molecule has 2 N–H and O–H groups in total. The highest BCUT2D eigenvalue weighted by molar-refractivity contribution is 7.98. The summed E-state index contributed by atoms with van der Waals surface area (Å²) in [6.45, 7) is 3.43. The highest BCUT2D eigenvalue weighted by Crippen LogP contribution is 2.25. The average Bonchev–Trinajstić information content (AvgIpc) is 2.67. The van der Waals surface area contributed by atoms with E-state index < -0.39 is 11.8 Å². The van der Waals surface area contributed by atoms with Crippen molar-refractivity contribution in [1.29, 1.82) is 0 Å². The van der Waals surface area contributed by atoms with Gasteiger partial charge in [0.05, 0.1) is 17.1 Å². The third-order valence-corrected chi connectivity index (χ3v) is 4.58. The van der Waals surface area contributed by atoms with Crippen LogP contribution in [0.5, 0.6) is 11.8 Å². The van der Waals surface area contributed by atoms with Gasteiger partial charge in [-0.15, -0.1) is 11.8 Å². The first-order valence-corrected chi connectivity index (χ1v) is 9.68. The minimum absolute atomic E-state index is 0.0127. The molecule has 1 heterocycles. The Kier molecular flexibility index (Phi) is 6.10. The lowest BCUT2D eigenvalue weighted by atomic mass is 10.3. The lowest BCUT2D eigenvalue weighted by Crippen LogP contribution is -2.21. The average molecular weight is 398 g/mol. The Morgan fingerprint density at radius 1 is 1.04 bits per heavy atom. The highest BCUT2D eigenvalue weighted by Gasteiger charge is 2.14. The predicted molar refractivity (Wildman–Crippen MR) is 109 cm³/mol. The Labute approximate surface area is 166 Å². The lowest BCUT2D eigenvalue weighted by Gasteiger charge is -2.13. The molecule has 0 spiro atoms. The molecule has 0 saturated carbocycles. The molecule has 0 aliphatic rings. The number of aryl methyl sites for hydroxylation is 2. The Morgan fingerprint density at radius 3 is 2.43 bits per heavy atom. The number of ether oxygens (including phenoxy) is 1. The van der Waals surface area contributed by atoms with Crippen molar-refractivity contribution in [3.8, 4) is 11.8 Å². The van der Waals surface area contributed by atoms with Gasteiger partial charge in [0, 0.05) is 10.6 Å². The zero-order valence-electron chi connectivity index (χ0n) is 15.6. The number of halogens is 1. The molecule has 8 heteroatoms. The van der Waals surface area contributed by atoms with Crippen molar-refractivity contribution >= 4 is 29.2 Å². The topological polar surface area (TPSA) is 76.1 Å². The van der Waals surface area contributed by atoms with Crippen molar-refractivity contribution in [2.24, 2.45) is 0 Å². The van der Waals surface area contributed by atoms with Crippen molar-refractivity contribution in [1.82, 2.24) is 9.97 Å². The fraction of sp³-hybridized carbons (Fsp3) is 0.150. The fourth-order valence-electron chi connectivity index (χ4n) is 2.51. The smallest absolute Gasteiger partial charge is 0.323 e. The molecule has 0 unspecified atom stereocenters. The Hall–Kier alpha value is -3.13.